The summed E-state index contributed by atoms with van der Waals surface area (Å²) >= 11 is 0. The minimum absolute atomic E-state index is 0.137. The van der Waals surface area contributed by atoms with E-state index in [2.05, 4.69) is 9.98 Å². The number of benzene rings is 2. The summed E-state index contributed by atoms with van der Waals surface area (Å²) in [6.07, 6.45) is -3.21. The van der Waals surface area contributed by atoms with Crippen LogP contribution in [0.5, 0.6) is 0 Å². The molecule has 0 bridgehead atoms. The van der Waals surface area contributed by atoms with Gasteiger partial charge in [-0.05, 0) is 43.3 Å². The van der Waals surface area contributed by atoms with Crippen molar-refractivity contribution < 1.29 is 22.0 Å². The molecule has 0 radical (unpaired) electrons. The summed E-state index contributed by atoms with van der Waals surface area (Å²) < 4.78 is 68.1. The number of rotatable bonds is 2. The van der Waals surface area contributed by atoms with E-state index in [1.54, 1.807) is 17.6 Å². The molecule has 0 fully saturated rings. The van der Waals surface area contributed by atoms with Crippen LogP contribution in [0.1, 0.15) is 17.7 Å². The van der Waals surface area contributed by atoms with E-state index in [0.29, 0.717) is 17.0 Å². The number of anilines is 1. The van der Waals surface area contributed by atoms with Crippen LogP contribution in [0.2, 0.25) is 0 Å². The summed E-state index contributed by atoms with van der Waals surface area (Å²) in [5.41, 5.74) is 0.0524. The molecular formula is C19H13F5N4. The molecule has 2 aromatic carbocycles. The number of nitrogens with zero attached hydrogens (tertiary/aromatic N) is 4. The van der Waals surface area contributed by atoms with E-state index in [4.69, 9.17) is 0 Å². The molecule has 1 aliphatic rings. The van der Waals surface area contributed by atoms with Crippen molar-refractivity contribution in [3.05, 3.63) is 71.7 Å². The molecule has 0 aliphatic carbocycles. The topological polar surface area (TPSA) is 33.4 Å². The zero-order valence-corrected chi connectivity index (χ0v) is 14.5. The quantitative estimate of drug-likeness (QED) is 0.550. The van der Waals surface area contributed by atoms with Crippen molar-refractivity contribution >= 4 is 22.9 Å². The molecule has 1 aromatic heterocycles. The molecule has 1 unspecified atom stereocenters. The van der Waals surface area contributed by atoms with Crippen molar-refractivity contribution in [1.82, 2.24) is 9.55 Å². The van der Waals surface area contributed by atoms with Gasteiger partial charge in [-0.1, -0.05) is 6.07 Å². The predicted molar refractivity (Wildman–Crippen MR) is 95.1 cm³/mol. The second kappa shape index (κ2) is 6.43. The van der Waals surface area contributed by atoms with Gasteiger partial charge in [-0.3, -0.25) is 4.57 Å². The average molecular weight is 392 g/mol. The zero-order chi connectivity index (χ0) is 20.1. The predicted octanol–water partition coefficient (Wildman–Crippen LogP) is 5.36. The molecule has 1 aliphatic heterocycles. The minimum Gasteiger partial charge on any atom is -0.305 e. The van der Waals surface area contributed by atoms with Crippen LogP contribution >= 0.6 is 0 Å². The Morgan fingerprint density at radius 3 is 2.39 bits per heavy atom. The molecule has 28 heavy (non-hydrogen) atoms. The number of para-hydroxylation sites is 1. The van der Waals surface area contributed by atoms with Gasteiger partial charge in [-0.15, -0.1) is 0 Å². The summed E-state index contributed by atoms with van der Waals surface area (Å²) in [6, 6.07) is 8.72. The van der Waals surface area contributed by atoms with Gasteiger partial charge in [0.15, 0.2) is 11.6 Å². The molecule has 0 N–H and O–H groups in total. The largest absolute Gasteiger partial charge is 0.416 e. The number of allylic oxidation sites excluding steroid dienone is 1. The Hall–Kier alpha value is -3.23. The summed E-state index contributed by atoms with van der Waals surface area (Å²) in [6.45, 7) is 1.65. The first-order valence-electron chi connectivity index (χ1n) is 8.25. The molecule has 0 saturated carbocycles. The van der Waals surface area contributed by atoms with Gasteiger partial charge < -0.3 is 4.90 Å². The van der Waals surface area contributed by atoms with Crippen molar-refractivity contribution in [3.8, 4) is 0 Å². The molecule has 1 atom stereocenters. The lowest BCUT2D eigenvalue weighted by Crippen LogP contribution is -2.30. The third-order valence-electron chi connectivity index (χ3n) is 4.41. The molecule has 2 heterocycles. The van der Waals surface area contributed by atoms with E-state index < -0.39 is 29.7 Å². The van der Waals surface area contributed by atoms with Gasteiger partial charge in [0.05, 0.1) is 17.3 Å². The lowest BCUT2D eigenvalue weighted by atomic mass is 10.2. The van der Waals surface area contributed by atoms with E-state index in [-0.39, 0.29) is 5.52 Å². The maximum atomic E-state index is 14.1. The van der Waals surface area contributed by atoms with Crippen LogP contribution < -0.4 is 4.90 Å². The fraction of sp³-hybridized carbons (Fsp3) is 0.158. The monoisotopic (exact) mass is 392 g/mol. The van der Waals surface area contributed by atoms with E-state index in [1.165, 1.54) is 29.2 Å². The molecule has 9 heteroatoms. The van der Waals surface area contributed by atoms with Gasteiger partial charge in [0, 0.05) is 11.9 Å². The Labute approximate surface area is 156 Å². The van der Waals surface area contributed by atoms with Crippen molar-refractivity contribution in [2.45, 2.75) is 19.4 Å². The molecule has 4 rings (SSSR count). The minimum atomic E-state index is -4.48. The summed E-state index contributed by atoms with van der Waals surface area (Å²) in [4.78, 5) is 9.73. The molecule has 144 valence electrons. The van der Waals surface area contributed by atoms with Crippen molar-refractivity contribution in [2.24, 2.45) is 4.99 Å². The Morgan fingerprint density at radius 1 is 1.00 bits per heavy atom. The molecule has 0 spiro atoms. The second-order valence-electron chi connectivity index (χ2n) is 6.23. The van der Waals surface area contributed by atoms with Crippen LogP contribution in [0, 0.1) is 12.7 Å². The maximum absolute atomic E-state index is 14.1. The highest BCUT2D eigenvalue weighted by atomic mass is 19.4. The smallest absolute Gasteiger partial charge is 0.305 e. The number of alkyl halides is 3. The Bertz CT molecular complexity index is 1100. The first-order chi connectivity index (χ1) is 13.3. The Kier molecular flexibility index (Phi) is 4.17. The summed E-state index contributed by atoms with van der Waals surface area (Å²) in [5.74, 6) is -0.749. The SMILES string of the molecule is Cc1nc2c(F)cccc2n1C1N=CC(F)=CN1c1ccc(C(F)(F)F)cc1. The number of imidazole rings is 1. The van der Waals surface area contributed by atoms with E-state index in [9.17, 15) is 22.0 Å². The van der Waals surface area contributed by atoms with Gasteiger partial charge in [0.2, 0.25) is 6.29 Å². The molecule has 4 nitrogen and oxygen atoms in total. The first-order valence-corrected chi connectivity index (χ1v) is 8.25. The van der Waals surface area contributed by atoms with Gasteiger partial charge in [0.25, 0.3) is 0 Å². The van der Waals surface area contributed by atoms with E-state index in [0.717, 1.165) is 24.5 Å². The number of halogens is 5. The second-order valence-corrected chi connectivity index (χ2v) is 6.23. The number of aromatic nitrogens is 2. The maximum Gasteiger partial charge on any atom is 0.416 e. The summed E-state index contributed by atoms with van der Waals surface area (Å²) in [5, 5.41) is 0. The van der Waals surface area contributed by atoms with Crippen LogP contribution in [0.15, 0.2) is 59.5 Å². The molecule has 0 amide bonds. The number of aryl methyl sites for hydroxylation is 1. The van der Waals surface area contributed by atoms with Crippen LogP contribution in [0.3, 0.4) is 0 Å². The highest BCUT2D eigenvalue weighted by Crippen LogP contribution is 2.35. The van der Waals surface area contributed by atoms with Gasteiger partial charge in [-0.2, -0.15) is 13.2 Å². The van der Waals surface area contributed by atoms with Crippen molar-refractivity contribution in [3.63, 3.8) is 0 Å². The fourth-order valence-electron chi connectivity index (χ4n) is 3.15. The van der Waals surface area contributed by atoms with Crippen molar-refractivity contribution in [1.29, 1.82) is 0 Å². The Morgan fingerprint density at radius 2 is 1.71 bits per heavy atom. The highest BCUT2D eigenvalue weighted by molar-refractivity contribution is 5.80. The van der Waals surface area contributed by atoms with Crippen molar-refractivity contribution in [2.75, 3.05) is 4.90 Å². The zero-order valence-electron chi connectivity index (χ0n) is 14.5. The fourth-order valence-corrected chi connectivity index (χ4v) is 3.15. The van der Waals surface area contributed by atoms with Crippen LogP contribution in [0.4, 0.5) is 27.6 Å². The van der Waals surface area contributed by atoms with Gasteiger partial charge in [-0.25, -0.2) is 18.8 Å². The number of hydrogen-bond donors (Lipinski definition) is 0. The third kappa shape index (κ3) is 3.02. The third-order valence-corrected chi connectivity index (χ3v) is 4.41. The van der Waals surface area contributed by atoms with Gasteiger partial charge in [0.1, 0.15) is 11.3 Å². The number of hydrogen-bond acceptors (Lipinski definition) is 3. The lowest BCUT2D eigenvalue weighted by molar-refractivity contribution is -0.137. The van der Waals surface area contributed by atoms with Gasteiger partial charge >= 0.3 is 6.18 Å². The lowest BCUT2D eigenvalue weighted by Gasteiger charge is -2.31. The standard InChI is InChI=1S/C19H13F5N4/c1-11-26-17-15(21)3-2-4-16(17)28(11)18-25-9-13(20)10-27(18)14-7-5-12(6-8-14)19(22,23)24/h2-10,18H,1H3. The first kappa shape index (κ1) is 18.1. The average Bonchev–Trinajstić information content (AvgIpc) is 2.98. The van der Waals surface area contributed by atoms with Crippen LogP contribution in [-0.4, -0.2) is 15.8 Å². The molecule has 0 saturated heterocycles. The normalized spacial score (nSPS) is 17.3. The Balaban J connectivity index is 1.82. The van der Waals surface area contributed by atoms with E-state index in [1.807, 2.05) is 0 Å². The van der Waals surface area contributed by atoms with Crippen LogP contribution in [0.25, 0.3) is 11.0 Å². The molecule has 3 aromatic rings. The highest BCUT2D eigenvalue weighted by Gasteiger charge is 2.31. The van der Waals surface area contributed by atoms with Crippen LogP contribution in [-0.2, 0) is 6.18 Å². The molecular weight excluding hydrogens is 379 g/mol. The summed E-state index contributed by atoms with van der Waals surface area (Å²) in [7, 11) is 0. The number of fused-ring (bicyclic) bond motifs is 1. The number of aliphatic imine (C=N–C) groups is 1. The van der Waals surface area contributed by atoms with E-state index >= 15 is 0 Å².